The van der Waals surface area contributed by atoms with E-state index in [4.69, 9.17) is 4.74 Å². The van der Waals surface area contributed by atoms with Crippen LogP contribution in [0.4, 0.5) is 0 Å². The monoisotopic (exact) mass is 398 g/mol. The van der Waals surface area contributed by atoms with Gasteiger partial charge in [-0.3, -0.25) is 4.79 Å². The highest BCUT2D eigenvalue weighted by Crippen LogP contribution is 2.37. The van der Waals surface area contributed by atoms with Gasteiger partial charge in [-0.15, -0.1) is 0 Å². The van der Waals surface area contributed by atoms with Crippen molar-refractivity contribution < 1.29 is 9.53 Å². The minimum absolute atomic E-state index is 0.0196. The van der Waals surface area contributed by atoms with E-state index in [1.807, 2.05) is 0 Å². The largest absolute Gasteiger partial charge is 0.469 e. The lowest BCUT2D eigenvalue weighted by atomic mass is 9.77. The molecule has 0 unspecified atom stereocenters. The number of rotatable bonds is 9. The molecule has 0 amide bonds. The molecule has 162 valence electrons. The van der Waals surface area contributed by atoms with Gasteiger partial charge in [0.25, 0.3) is 0 Å². The fourth-order valence-electron chi connectivity index (χ4n) is 5.65. The van der Waals surface area contributed by atoms with E-state index in [2.05, 4.69) is 31.2 Å². The summed E-state index contributed by atoms with van der Waals surface area (Å²) >= 11 is 0. The Balaban J connectivity index is 1.36. The number of ether oxygens (including phenoxy) is 1. The molecule has 0 saturated heterocycles. The van der Waals surface area contributed by atoms with Crippen molar-refractivity contribution in [3.8, 4) is 0 Å². The number of carbonyl (C=O) groups excluding carboxylic acids is 1. The smallest absolute Gasteiger partial charge is 0.308 e. The Kier molecular flexibility index (Phi) is 9.08. The molecule has 0 atom stereocenters. The number of hydrogen-bond donors (Lipinski definition) is 0. The topological polar surface area (TPSA) is 26.3 Å². The molecule has 2 nitrogen and oxygen atoms in total. The van der Waals surface area contributed by atoms with Gasteiger partial charge in [-0.1, -0.05) is 82.6 Å². The first-order valence-electron chi connectivity index (χ1n) is 12.4. The first kappa shape index (κ1) is 22.4. The third-order valence-corrected chi connectivity index (χ3v) is 7.74. The standard InChI is InChI=1S/C27H42O2/c1-3-4-5-6-21-7-9-22(10-8-21)11-12-23-13-15-24(16-14-23)25-17-19-26(20-18-25)27(28)29-2/h13-16,21-22,25-26H,3-12,17-20H2,1-2H3. The van der Waals surface area contributed by atoms with Crippen LogP contribution in [0.5, 0.6) is 0 Å². The Hall–Kier alpha value is -1.31. The normalized spacial score (nSPS) is 27.5. The molecule has 2 aliphatic carbocycles. The second-order valence-corrected chi connectivity index (χ2v) is 9.73. The van der Waals surface area contributed by atoms with Crippen LogP contribution in [0.15, 0.2) is 24.3 Å². The predicted octanol–water partition coefficient (Wildman–Crippen LogP) is 7.45. The highest BCUT2D eigenvalue weighted by molar-refractivity contribution is 5.72. The molecule has 2 fully saturated rings. The van der Waals surface area contributed by atoms with E-state index in [1.165, 1.54) is 82.4 Å². The molecular weight excluding hydrogens is 356 g/mol. The van der Waals surface area contributed by atoms with Crippen molar-refractivity contribution in [1.82, 2.24) is 0 Å². The van der Waals surface area contributed by atoms with Crippen LogP contribution < -0.4 is 0 Å². The van der Waals surface area contributed by atoms with Crippen LogP contribution in [0.25, 0.3) is 0 Å². The Bertz CT molecular complexity index is 589. The van der Waals surface area contributed by atoms with Gasteiger partial charge in [0.05, 0.1) is 13.0 Å². The SMILES string of the molecule is CCCCCC1CCC(CCc2ccc(C3CCC(C(=O)OC)CC3)cc2)CC1. The molecule has 2 saturated carbocycles. The second-order valence-electron chi connectivity index (χ2n) is 9.73. The summed E-state index contributed by atoms with van der Waals surface area (Å²) in [5.74, 6) is 2.69. The number of carbonyl (C=O) groups is 1. The third-order valence-electron chi connectivity index (χ3n) is 7.74. The van der Waals surface area contributed by atoms with Crippen molar-refractivity contribution in [2.75, 3.05) is 7.11 Å². The second kappa shape index (κ2) is 11.8. The number of benzene rings is 1. The molecule has 0 radical (unpaired) electrons. The molecule has 29 heavy (non-hydrogen) atoms. The summed E-state index contributed by atoms with van der Waals surface area (Å²) in [4.78, 5) is 11.7. The predicted molar refractivity (Wildman–Crippen MR) is 121 cm³/mol. The lowest BCUT2D eigenvalue weighted by Crippen LogP contribution is -2.22. The highest BCUT2D eigenvalue weighted by atomic mass is 16.5. The summed E-state index contributed by atoms with van der Waals surface area (Å²) in [6, 6.07) is 9.42. The highest BCUT2D eigenvalue weighted by Gasteiger charge is 2.27. The van der Waals surface area contributed by atoms with Gasteiger partial charge in [0.1, 0.15) is 0 Å². The molecule has 2 aliphatic rings. The lowest BCUT2D eigenvalue weighted by Gasteiger charge is -2.29. The summed E-state index contributed by atoms with van der Waals surface area (Å²) < 4.78 is 4.91. The Morgan fingerprint density at radius 3 is 2.07 bits per heavy atom. The van der Waals surface area contributed by atoms with Gasteiger partial charge in [-0.05, 0) is 67.4 Å². The van der Waals surface area contributed by atoms with E-state index < -0.39 is 0 Å². The van der Waals surface area contributed by atoms with Gasteiger partial charge in [0, 0.05) is 0 Å². The van der Waals surface area contributed by atoms with E-state index in [1.54, 1.807) is 0 Å². The van der Waals surface area contributed by atoms with Crippen molar-refractivity contribution in [1.29, 1.82) is 0 Å². The van der Waals surface area contributed by atoms with Gasteiger partial charge in [0.15, 0.2) is 0 Å². The van der Waals surface area contributed by atoms with Crippen molar-refractivity contribution in [3.05, 3.63) is 35.4 Å². The number of aryl methyl sites for hydroxylation is 1. The Morgan fingerprint density at radius 1 is 0.862 bits per heavy atom. The van der Waals surface area contributed by atoms with E-state index in [0.29, 0.717) is 5.92 Å². The summed E-state index contributed by atoms with van der Waals surface area (Å²) in [6.07, 6.45) is 18.3. The molecule has 1 aromatic carbocycles. The molecule has 0 N–H and O–H groups in total. The number of hydrogen-bond acceptors (Lipinski definition) is 2. The third kappa shape index (κ3) is 6.86. The molecule has 0 bridgehead atoms. The van der Waals surface area contributed by atoms with Gasteiger partial charge in [-0.2, -0.15) is 0 Å². The molecular formula is C27H42O2. The zero-order chi connectivity index (χ0) is 20.5. The van der Waals surface area contributed by atoms with Crippen molar-refractivity contribution >= 4 is 5.97 Å². The minimum atomic E-state index is -0.0196. The maximum atomic E-state index is 11.7. The van der Waals surface area contributed by atoms with Crippen LogP contribution >= 0.6 is 0 Å². The van der Waals surface area contributed by atoms with E-state index in [-0.39, 0.29) is 11.9 Å². The molecule has 2 heteroatoms. The lowest BCUT2D eigenvalue weighted by molar-refractivity contribution is -0.146. The molecule has 0 heterocycles. The van der Waals surface area contributed by atoms with E-state index in [9.17, 15) is 4.79 Å². The fraction of sp³-hybridized carbons (Fsp3) is 0.741. The average Bonchev–Trinajstić information content (AvgIpc) is 2.78. The van der Waals surface area contributed by atoms with Crippen LogP contribution in [0.1, 0.15) is 107 Å². The Labute approximate surface area is 178 Å². The molecule has 0 aliphatic heterocycles. The number of esters is 1. The van der Waals surface area contributed by atoms with Crippen LogP contribution in [0.3, 0.4) is 0 Å². The maximum absolute atomic E-state index is 11.7. The van der Waals surface area contributed by atoms with Crippen LogP contribution in [-0.4, -0.2) is 13.1 Å². The van der Waals surface area contributed by atoms with Crippen LogP contribution in [0, 0.1) is 17.8 Å². The number of methoxy groups -OCH3 is 1. The Morgan fingerprint density at radius 2 is 1.48 bits per heavy atom. The van der Waals surface area contributed by atoms with Crippen LogP contribution in [-0.2, 0) is 16.0 Å². The first-order chi connectivity index (χ1) is 14.2. The summed E-state index contributed by atoms with van der Waals surface area (Å²) in [7, 11) is 1.51. The molecule has 1 aromatic rings. The zero-order valence-electron chi connectivity index (χ0n) is 18.8. The van der Waals surface area contributed by atoms with E-state index in [0.717, 1.165) is 37.5 Å². The quantitative estimate of drug-likeness (QED) is 0.319. The summed E-state index contributed by atoms with van der Waals surface area (Å²) in [5.41, 5.74) is 2.96. The van der Waals surface area contributed by atoms with Crippen molar-refractivity contribution in [2.24, 2.45) is 17.8 Å². The van der Waals surface area contributed by atoms with Crippen molar-refractivity contribution in [3.63, 3.8) is 0 Å². The average molecular weight is 399 g/mol. The minimum Gasteiger partial charge on any atom is -0.469 e. The van der Waals surface area contributed by atoms with Crippen molar-refractivity contribution in [2.45, 2.75) is 103 Å². The van der Waals surface area contributed by atoms with Gasteiger partial charge < -0.3 is 4.74 Å². The van der Waals surface area contributed by atoms with Crippen LogP contribution in [0.2, 0.25) is 0 Å². The molecule has 0 aromatic heterocycles. The number of unbranched alkanes of at least 4 members (excludes halogenated alkanes) is 2. The molecule has 0 spiro atoms. The summed E-state index contributed by atoms with van der Waals surface area (Å²) in [5, 5.41) is 0. The van der Waals surface area contributed by atoms with Gasteiger partial charge in [-0.25, -0.2) is 0 Å². The molecule has 3 rings (SSSR count). The first-order valence-corrected chi connectivity index (χ1v) is 12.4. The van der Waals surface area contributed by atoms with Gasteiger partial charge >= 0.3 is 5.97 Å². The van der Waals surface area contributed by atoms with Gasteiger partial charge in [0.2, 0.25) is 0 Å². The zero-order valence-corrected chi connectivity index (χ0v) is 18.8. The summed E-state index contributed by atoms with van der Waals surface area (Å²) in [6.45, 7) is 2.30. The maximum Gasteiger partial charge on any atom is 0.308 e. The fourth-order valence-corrected chi connectivity index (χ4v) is 5.65. The van der Waals surface area contributed by atoms with E-state index >= 15 is 0 Å².